The molecule has 0 bridgehead atoms. The molecule has 0 amide bonds. The molecule has 1 aromatic carbocycles. The number of hydrogen-bond donors (Lipinski definition) is 1. The van der Waals surface area contributed by atoms with Crippen molar-refractivity contribution in [1.82, 2.24) is 24.9 Å². The number of nitrogens with zero attached hydrogens (tertiary/aromatic N) is 5. The first-order chi connectivity index (χ1) is 16.1. The van der Waals surface area contributed by atoms with E-state index in [9.17, 15) is 0 Å². The van der Waals surface area contributed by atoms with Crippen LogP contribution < -0.4 is 5.32 Å². The molecule has 3 aromatic rings. The molecular weight excluding hydrogens is 412 g/mol. The van der Waals surface area contributed by atoms with Crippen molar-refractivity contribution in [2.45, 2.75) is 39.4 Å². The molecule has 1 N–H and O–H groups in total. The van der Waals surface area contributed by atoms with Crippen molar-refractivity contribution in [3.8, 4) is 0 Å². The van der Waals surface area contributed by atoms with E-state index in [-0.39, 0.29) is 0 Å². The van der Waals surface area contributed by atoms with Crippen LogP contribution in [0.5, 0.6) is 0 Å². The Morgan fingerprint density at radius 2 is 2.06 bits per heavy atom. The first kappa shape index (κ1) is 23.1. The van der Waals surface area contributed by atoms with Crippen molar-refractivity contribution in [2.24, 2.45) is 18.0 Å². The van der Waals surface area contributed by atoms with Crippen LogP contribution in [0.15, 0.2) is 64.5 Å². The summed E-state index contributed by atoms with van der Waals surface area (Å²) in [5.74, 6) is 2.64. The molecule has 1 unspecified atom stereocenters. The van der Waals surface area contributed by atoms with E-state index in [1.54, 1.807) is 6.26 Å². The van der Waals surface area contributed by atoms with E-state index in [0.717, 1.165) is 50.9 Å². The standard InChI is InChI=1S/C26H36N6O/c1-4-27-26(32-12-11-21(18-32)14-22-15-29-31(3)17-22)28-16-23-8-5-6-9-24(23)19-30(2)20-25-10-7-13-33-25/h5-10,13,15,17,21H,4,11-12,14,16,18-20H2,1-3H3,(H,27,28). The Balaban J connectivity index is 1.38. The van der Waals surface area contributed by atoms with Crippen LogP contribution in [-0.2, 0) is 33.1 Å². The molecule has 1 saturated heterocycles. The van der Waals surface area contributed by atoms with E-state index in [0.29, 0.717) is 12.5 Å². The van der Waals surface area contributed by atoms with Gasteiger partial charge in [0.2, 0.25) is 0 Å². The SMILES string of the molecule is CCNC(=NCc1ccccc1CN(C)Cc1ccco1)N1CCC(Cc2cnn(C)c2)C1. The highest BCUT2D eigenvalue weighted by atomic mass is 16.3. The minimum absolute atomic E-state index is 0.639. The topological polar surface area (TPSA) is 61.8 Å². The maximum absolute atomic E-state index is 5.50. The van der Waals surface area contributed by atoms with Crippen molar-refractivity contribution in [3.63, 3.8) is 0 Å². The number of furan rings is 1. The van der Waals surface area contributed by atoms with Crippen LogP contribution in [0.1, 0.15) is 35.8 Å². The molecule has 1 aliphatic rings. The van der Waals surface area contributed by atoms with Crippen LogP contribution in [0.2, 0.25) is 0 Å². The summed E-state index contributed by atoms with van der Waals surface area (Å²) in [5, 5.41) is 7.82. The lowest BCUT2D eigenvalue weighted by molar-refractivity contribution is 0.287. The highest BCUT2D eigenvalue weighted by Gasteiger charge is 2.25. The second-order valence-electron chi connectivity index (χ2n) is 9.02. The van der Waals surface area contributed by atoms with Gasteiger partial charge in [0, 0.05) is 39.4 Å². The highest BCUT2D eigenvalue weighted by molar-refractivity contribution is 5.80. The predicted octanol–water partition coefficient (Wildman–Crippen LogP) is 3.68. The van der Waals surface area contributed by atoms with E-state index in [1.165, 1.54) is 23.1 Å². The Morgan fingerprint density at radius 3 is 2.79 bits per heavy atom. The Bertz CT molecular complexity index is 1030. The number of aliphatic imine (C=N–C) groups is 1. The largest absolute Gasteiger partial charge is 0.468 e. The van der Waals surface area contributed by atoms with Crippen molar-refractivity contribution < 1.29 is 4.42 Å². The molecule has 1 fully saturated rings. The van der Waals surface area contributed by atoms with Gasteiger partial charge in [-0.2, -0.15) is 5.10 Å². The zero-order chi connectivity index (χ0) is 23.0. The molecule has 0 spiro atoms. The number of nitrogens with one attached hydrogen (secondary N) is 1. The van der Waals surface area contributed by atoms with Gasteiger partial charge in [0.15, 0.2) is 5.96 Å². The summed E-state index contributed by atoms with van der Waals surface area (Å²) in [6, 6.07) is 12.6. The lowest BCUT2D eigenvalue weighted by Crippen LogP contribution is -2.40. The lowest BCUT2D eigenvalue weighted by Gasteiger charge is -2.22. The summed E-state index contributed by atoms with van der Waals surface area (Å²) < 4.78 is 7.39. The van der Waals surface area contributed by atoms with Crippen molar-refractivity contribution in [3.05, 3.63) is 77.5 Å². The molecule has 3 heterocycles. The molecular formula is C26H36N6O. The highest BCUT2D eigenvalue weighted by Crippen LogP contribution is 2.21. The van der Waals surface area contributed by atoms with Gasteiger partial charge in [-0.3, -0.25) is 9.58 Å². The monoisotopic (exact) mass is 448 g/mol. The van der Waals surface area contributed by atoms with Gasteiger partial charge in [0.25, 0.3) is 0 Å². The minimum atomic E-state index is 0.639. The van der Waals surface area contributed by atoms with Gasteiger partial charge in [-0.1, -0.05) is 24.3 Å². The average molecular weight is 449 g/mol. The van der Waals surface area contributed by atoms with Crippen LogP contribution >= 0.6 is 0 Å². The minimum Gasteiger partial charge on any atom is -0.468 e. The van der Waals surface area contributed by atoms with Gasteiger partial charge in [0.05, 0.1) is 25.5 Å². The fourth-order valence-corrected chi connectivity index (χ4v) is 4.57. The van der Waals surface area contributed by atoms with Crippen molar-refractivity contribution >= 4 is 5.96 Å². The van der Waals surface area contributed by atoms with E-state index in [4.69, 9.17) is 9.41 Å². The number of likely N-dealkylation sites (tertiary alicyclic amines) is 1. The Hall–Kier alpha value is -3.06. The number of guanidine groups is 1. The molecule has 33 heavy (non-hydrogen) atoms. The van der Waals surface area contributed by atoms with Gasteiger partial charge < -0.3 is 14.6 Å². The van der Waals surface area contributed by atoms with E-state index in [2.05, 4.69) is 64.6 Å². The smallest absolute Gasteiger partial charge is 0.194 e. The average Bonchev–Trinajstić information content (AvgIpc) is 3.56. The molecule has 0 saturated carbocycles. The first-order valence-corrected chi connectivity index (χ1v) is 11.9. The van der Waals surface area contributed by atoms with Crippen molar-refractivity contribution in [2.75, 3.05) is 26.7 Å². The molecule has 7 heteroatoms. The molecule has 2 aromatic heterocycles. The summed E-state index contributed by atoms with van der Waals surface area (Å²) in [4.78, 5) is 9.72. The molecule has 0 radical (unpaired) electrons. The predicted molar refractivity (Wildman–Crippen MR) is 132 cm³/mol. The molecule has 4 rings (SSSR count). The number of aryl methyl sites for hydroxylation is 1. The Labute approximate surface area is 197 Å². The lowest BCUT2D eigenvalue weighted by atomic mass is 10.0. The maximum atomic E-state index is 5.50. The molecule has 1 atom stereocenters. The zero-order valence-electron chi connectivity index (χ0n) is 20.1. The van der Waals surface area contributed by atoms with Crippen LogP contribution in [0.3, 0.4) is 0 Å². The molecule has 1 aliphatic heterocycles. The summed E-state index contributed by atoms with van der Waals surface area (Å²) in [7, 11) is 4.10. The second-order valence-corrected chi connectivity index (χ2v) is 9.02. The molecule has 0 aliphatic carbocycles. The van der Waals surface area contributed by atoms with Crippen LogP contribution in [-0.4, -0.2) is 52.2 Å². The summed E-state index contributed by atoms with van der Waals surface area (Å²) >= 11 is 0. The fraction of sp³-hybridized carbons (Fsp3) is 0.462. The van der Waals surface area contributed by atoms with Crippen LogP contribution in [0.25, 0.3) is 0 Å². The fourth-order valence-electron chi connectivity index (χ4n) is 4.57. The van der Waals surface area contributed by atoms with Gasteiger partial charge in [-0.15, -0.1) is 0 Å². The quantitative estimate of drug-likeness (QED) is 0.400. The van der Waals surface area contributed by atoms with E-state index >= 15 is 0 Å². The maximum Gasteiger partial charge on any atom is 0.194 e. The second kappa shape index (κ2) is 11.2. The van der Waals surface area contributed by atoms with Gasteiger partial charge in [-0.05, 0) is 61.6 Å². The van der Waals surface area contributed by atoms with Crippen molar-refractivity contribution in [1.29, 1.82) is 0 Å². The zero-order valence-corrected chi connectivity index (χ0v) is 20.1. The Morgan fingerprint density at radius 1 is 1.21 bits per heavy atom. The number of aromatic nitrogens is 2. The molecule has 7 nitrogen and oxygen atoms in total. The third kappa shape index (κ3) is 6.48. The Kier molecular flexibility index (Phi) is 7.83. The normalized spacial score (nSPS) is 16.7. The summed E-state index contributed by atoms with van der Waals surface area (Å²) in [6.07, 6.45) is 8.11. The number of hydrogen-bond acceptors (Lipinski definition) is 4. The third-order valence-corrected chi connectivity index (χ3v) is 6.17. The van der Waals surface area contributed by atoms with E-state index < -0.39 is 0 Å². The first-order valence-electron chi connectivity index (χ1n) is 11.9. The number of benzene rings is 1. The van der Waals surface area contributed by atoms with Crippen LogP contribution in [0, 0.1) is 5.92 Å². The van der Waals surface area contributed by atoms with Gasteiger partial charge >= 0.3 is 0 Å². The van der Waals surface area contributed by atoms with Crippen LogP contribution in [0.4, 0.5) is 0 Å². The number of rotatable bonds is 9. The summed E-state index contributed by atoms with van der Waals surface area (Å²) in [6.45, 7) is 7.42. The third-order valence-electron chi connectivity index (χ3n) is 6.17. The summed E-state index contributed by atoms with van der Waals surface area (Å²) in [5.41, 5.74) is 3.89. The van der Waals surface area contributed by atoms with Gasteiger partial charge in [0.1, 0.15) is 5.76 Å². The van der Waals surface area contributed by atoms with E-state index in [1.807, 2.05) is 30.1 Å². The van der Waals surface area contributed by atoms with Gasteiger partial charge in [-0.25, -0.2) is 4.99 Å². The molecule has 176 valence electrons.